The van der Waals surface area contributed by atoms with E-state index in [1.165, 1.54) is 6.92 Å². The molecular weight excluding hydrogens is 138 g/mol. The molecular formula is C5H13NO4. The fourth-order valence-corrected chi connectivity index (χ4v) is 0. The molecule has 5 nitrogen and oxygen atoms in total. The van der Waals surface area contributed by atoms with Crippen LogP contribution in [0.5, 0.6) is 0 Å². The second-order valence-electron chi connectivity index (χ2n) is 1.63. The number of rotatable bonds is 2. The van der Waals surface area contributed by atoms with Gasteiger partial charge in [0.15, 0.2) is 0 Å². The van der Waals surface area contributed by atoms with Crippen molar-refractivity contribution in [1.82, 2.24) is 0 Å². The van der Waals surface area contributed by atoms with Gasteiger partial charge in [0.25, 0.3) is 0 Å². The summed E-state index contributed by atoms with van der Waals surface area (Å²) in [6.07, 6.45) is -0.560. The Morgan fingerprint density at radius 3 is 1.90 bits per heavy atom. The molecule has 0 fully saturated rings. The van der Waals surface area contributed by atoms with Crippen molar-refractivity contribution in [1.29, 1.82) is 0 Å². The van der Waals surface area contributed by atoms with Gasteiger partial charge in [0.2, 0.25) is 0 Å². The van der Waals surface area contributed by atoms with Gasteiger partial charge in [0.1, 0.15) is 0 Å². The van der Waals surface area contributed by atoms with E-state index in [2.05, 4.69) is 5.73 Å². The zero-order chi connectivity index (χ0) is 8.57. The Labute approximate surface area is 59.1 Å². The van der Waals surface area contributed by atoms with Crippen LogP contribution in [0.15, 0.2) is 0 Å². The Hall–Kier alpha value is -0.650. The van der Waals surface area contributed by atoms with E-state index < -0.39 is 12.1 Å². The van der Waals surface area contributed by atoms with Crippen LogP contribution in [0.3, 0.4) is 0 Å². The lowest BCUT2D eigenvalue weighted by atomic mass is 10.5. The van der Waals surface area contributed by atoms with Gasteiger partial charge in [-0.15, -0.1) is 0 Å². The van der Waals surface area contributed by atoms with Crippen molar-refractivity contribution in [3.8, 4) is 0 Å². The summed E-state index contributed by atoms with van der Waals surface area (Å²) in [6.45, 7) is 1.11. The van der Waals surface area contributed by atoms with Crippen LogP contribution in [0.4, 0.5) is 0 Å². The second kappa shape index (κ2) is 8.35. The highest BCUT2D eigenvalue weighted by atomic mass is 16.4. The van der Waals surface area contributed by atoms with Crippen LogP contribution in [0, 0.1) is 0 Å². The quantitative estimate of drug-likeness (QED) is 0.380. The van der Waals surface area contributed by atoms with Crippen molar-refractivity contribution >= 4 is 5.97 Å². The number of aliphatic carboxylic acids is 1. The summed E-state index contributed by atoms with van der Waals surface area (Å²) >= 11 is 0. The Morgan fingerprint density at radius 1 is 1.70 bits per heavy atom. The molecule has 0 bridgehead atoms. The molecule has 62 valence electrons. The first-order valence-electron chi connectivity index (χ1n) is 2.75. The summed E-state index contributed by atoms with van der Waals surface area (Å²) in [5.74, 6) is -0.968. The molecule has 0 aromatic rings. The standard InChI is InChI=1S/C3H8O2.C2H5NO2/c1-3(5)2-4;3-1-2(4)5/h3-5H,2H2,1H3;1,3H2,(H,4,5). The molecule has 0 radical (unpaired) electrons. The predicted molar refractivity (Wildman–Crippen MR) is 35.5 cm³/mol. The van der Waals surface area contributed by atoms with E-state index in [4.69, 9.17) is 15.3 Å². The van der Waals surface area contributed by atoms with Gasteiger partial charge in [-0.1, -0.05) is 0 Å². The molecule has 0 spiro atoms. The van der Waals surface area contributed by atoms with Crippen LogP contribution in [0.25, 0.3) is 0 Å². The Kier molecular flexibility index (Phi) is 10.1. The maximum Gasteiger partial charge on any atom is 0.317 e. The molecule has 5 heteroatoms. The van der Waals surface area contributed by atoms with Crippen molar-refractivity contribution in [3.63, 3.8) is 0 Å². The Balaban J connectivity index is 0. The maximum atomic E-state index is 9.24. The zero-order valence-electron chi connectivity index (χ0n) is 5.82. The van der Waals surface area contributed by atoms with Crippen molar-refractivity contribution in [2.45, 2.75) is 13.0 Å². The van der Waals surface area contributed by atoms with Gasteiger partial charge in [-0.3, -0.25) is 4.79 Å². The summed E-state index contributed by atoms with van der Waals surface area (Å²) in [7, 11) is 0. The number of aliphatic hydroxyl groups is 2. The molecule has 0 aliphatic rings. The molecule has 0 aromatic carbocycles. The van der Waals surface area contributed by atoms with Gasteiger partial charge >= 0.3 is 5.97 Å². The zero-order valence-corrected chi connectivity index (χ0v) is 5.82. The summed E-state index contributed by atoms with van der Waals surface area (Å²) in [6, 6.07) is 0. The summed E-state index contributed by atoms with van der Waals surface area (Å²) in [5.41, 5.74) is 4.57. The number of nitrogens with two attached hydrogens (primary N) is 1. The Morgan fingerprint density at radius 2 is 1.90 bits per heavy atom. The molecule has 0 aromatic heterocycles. The molecule has 0 saturated carbocycles. The Bertz CT molecular complexity index is 83.7. The first kappa shape index (κ1) is 12.1. The molecule has 0 aliphatic heterocycles. The van der Waals surface area contributed by atoms with E-state index >= 15 is 0 Å². The molecule has 0 aliphatic carbocycles. The average molecular weight is 151 g/mol. The number of hydrogen-bond donors (Lipinski definition) is 4. The maximum absolute atomic E-state index is 9.24. The largest absolute Gasteiger partial charge is 0.480 e. The van der Waals surface area contributed by atoms with Gasteiger partial charge in [0.05, 0.1) is 19.3 Å². The minimum atomic E-state index is -0.968. The van der Waals surface area contributed by atoms with Crippen molar-refractivity contribution < 1.29 is 20.1 Å². The summed E-state index contributed by atoms with van der Waals surface area (Å²) in [5, 5.41) is 23.6. The van der Waals surface area contributed by atoms with Crippen LogP contribution < -0.4 is 5.73 Å². The molecule has 0 saturated heterocycles. The number of carbonyl (C=O) groups is 1. The van der Waals surface area contributed by atoms with E-state index in [0.717, 1.165) is 0 Å². The smallest absolute Gasteiger partial charge is 0.317 e. The third-order valence-corrected chi connectivity index (χ3v) is 0.439. The van der Waals surface area contributed by atoms with E-state index in [1.54, 1.807) is 0 Å². The fraction of sp³-hybridized carbons (Fsp3) is 0.800. The van der Waals surface area contributed by atoms with Gasteiger partial charge < -0.3 is 21.1 Å². The second-order valence-corrected chi connectivity index (χ2v) is 1.63. The summed E-state index contributed by atoms with van der Waals surface area (Å²) < 4.78 is 0. The van der Waals surface area contributed by atoms with Gasteiger partial charge in [-0.25, -0.2) is 0 Å². The third kappa shape index (κ3) is 26.4. The van der Waals surface area contributed by atoms with E-state index in [1.807, 2.05) is 0 Å². The lowest BCUT2D eigenvalue weighted by Crippen LogP contribution is -2.10. The molecule has 1 unspecified atom stereocenters. The van der Waals surface area contributed by atoms with Crippen molar-refractivity contribution in [2.75, 3.05) is 13.2 Å². The highest BCUT2D eigenvalue weighted by Gasteiger charge is 1.83. The topological polar surface area (TPSA) is 104 Å². The predicted octanol–water partition coefficient (Wildman–Crippen LogP) is -1.61. The number of carboxylic acid groups (broad SMARTS) is 1. The van der Waals surface area contributed by atoms with Crippen molar-refractivity contribution in [3.05, 3.63) is 0 Å². The van der Waals surface area contributed by atoms with E-state index in [9.17, 15) is 4.79 Å². The summed E-state index contributed by atoms with van der Waals surface area (Å²) in [4.78, 5) is 9.24. The van der Waals surface area contributed by atoms with Crippen LogP contribution in [-0.2, 0) is 4.79 Å². The van der Waals surface area contributed by atoms with Crippen LogP contribution in [0.2, 0.25) is 0 Å². The minimum absolute atomic E-state index is 0.139. The number of hydrogen-bond acceptors (Lipinski definition) is 4. The molecule has 0 amide bonds. The van der Waals surface area contributed by atoms with Crippen LogP contribution in [-0.4, -0.2) is 40.5 Å². The minimum Gasteiger partial charge on any atom is -0.480 e. The molecule has 0 rings (SSSR count). The van der Waals surface area contributed by atoms with Gasteiger partial charge in [-0.05, 0) is 6.92 Å². The fourth-order valence-electron chi connectivity index (χ4n) is 0. The lowest BCUT2D eigenvalue weighted by molar-refractivity contribution is -0.135. The monoisotopic (exact) mass is 151 g/mol. The van der Waals surface area contributed by atoms with Crippen molar-refractivity contribution in [2.24, 2.45) is 5.73 Å². The van der Waals surface area contributed by atoms with Crippen LogP contribution >= 0.6 is 0 Å². The van der Waals surface area contributed by atoms with Gasteiger partial charge in [-0.2, -0.15) is 0 Å². The number of carboxylic acids is 1. The SMILES string of the molecule is CC(O)CO.NCC(=O)O. The highest BCUT2D eigenvalue weighted by molar-refractivity contribution is 5.68. The lowest BCUT2D eigenvalue weighted by Gasteiger charge is -1.90. The highest BCUT2D eigenvalue weighted by Crippen LogP contribution is 1.68. The normalized spacial score (nSPS) is 11.2. The molecule has 5 N–H and O–H groups in total. The van der Waals surface area contributed by atoms with Crippen LogP contribution in [0.1, 0.15) is 6.92 Å². The first-order chi connectivity index (χ1) is 4.54. The van der Waals surface area contributed by atoms with E-state index in [0.29, 0.717) is 0 Å². The average Bonchev–Trinajstić information content (AvgIpc) is 1.89. The number of aliphatic hydroxyl groups excluding tert-OH is 2. The third-order valence-electron chi connectivity index (χ3n) is 0.439. The van der Waals surface area contributed by atoms with E-state index in [-0.39, 0.29) is 13.2 Å². The van der Waals surface area contributed by atoms with Gasteiger partial charge in [0, 0.05) is 0 Å². The molecule has 0 heterocycles. The molecule has 10 heavy (non-hydrogen) atoms. The molecule has 1 atom stereocenters. The first-order valence-corrected chi connectivity index (χ1v) is 2.75.